The highest BCUT2D eigenvalue weighted by molar-refractivity contribution is 5.82. The molecule has 86 valence electrons. The molecule has 0 aliphatic heterocycles. The summed E-state index contributed by atoms with van der Waals surface area (Å²) in [5.41, 5.74) is 1.68. The van der Waals surface area contributed by atoms with E-state index in [1.807, 2.05) is 13.8 Å². The van der Waals surface area contributed by atoms with Crippen molar-refractivity contribution in [2.45, 2.75) is 47.0 Å². The van der Waals surface area contributed by atoms with Gasteiger partial charge in [0.05, 0.1) is 6.61 Å². The lowest BCUT2D eigenvalue weighted by atomic mass is 10.0. The molecule has 15 heavy (non-hydrogen) atoms. The monoisotopic (exact) mass is 210 g/mol. The maximum absolute atomic E-state index is 11.1. The zero-order valence-electron chi connectivity index (χ0n) is 10.3. The minimum Gasteiger partial charge on any atom is -0.463 e. The Bertz CT molecular complexity index is 264. The van der Waals surface area contributed by atoms with Gasteiger partial charge in [-0.15, -0.1) is 0 Å². The van der Waals surface area contributed by atoms with E-state index < -0.39 is 0 Å². The Morgan fingerprint density at radius 3 is 2.60 bits per heavy atom. The van der Waals surface area contributed by atoms with Crippen LogP contribution in [0.5, 0.6) is 0 Å². The van der Waals surface area contributed by atoms with Gasteiger partial charge in [0, 0.05) is 6.08 Å². The average molecular weight is 210 g/mol. The maximum Gasteiger partial charge on any atom is 0.330 e. The van der Waals surface area contributed by atoms with Crippen molar-refractivity contribution < 1.29 is 9.53 Å². The first kappa shape index (κ1) is 12.3. The van der Waals surface area contributed by atoms with Gasteiger partial charge in [-0.3, -0.25) is 0 Å². The van der Waals surface area contributed by atoms with Crippen molar-refractivity contribution in [3.05, 3.63) is 11.6 Å². The second-order valence-corrected chi connectivity index (χ2v) is 5.17. The molecule has 0 spiro atoms. The van der Waals surface area contributed by atoms with Gasteiger partial charge in [-0.2, -0.15) is 0 Å². The lowest BCUT2D eigenvalue weighted by molar-refractivity contribution is -0.137. The van der Waals surface area contributed by atoms with E-state index in [-0.39, 0.29) is 5.97 Å². The van der Waals surface area contributed by atoms with Crippen LogP contribution >= 0.6 is 0 Å². The third-order valence-corrected chi connectivity index (χ3v) is 3.26. The molecular formula is C13H22O2. The molecule has 1 rings (SSSR count). The van der Waals surface area contributed by atoms with E-state index in [4.69, 9.17) is 4.74 Å². The summed E-state index contributed by atoms with van der Waals surface area (Å²) >= 11 is 0. The molecule has 0 heterocycles. The summed E-state index contributed by atoms with van der Waals surface area (Å²) in [6.45, 7) is 8.91. The first-order chi connectivity index (χ1) is 6.95. The standard InChI is InChI=1S/C13H22O2/c1-5-15-12(14)8-10(2)6-7-11-9-13(11,3)4/h8,11H,5-7,9H2,1-4H3. The lowest BCUT2D eigenvalue weighted by Crippen LogP contribution is -2.00. The molecule has 0 aromatic rings. The van der Waals surface area contributed by atoms with Crippen molar-refractivity contribution >= 4 is 5.97 Å². The van der Waals surface area contributed by atoms with E-state index in [1.54, 1.807) is 6.08 Å². The second-order valence-electron chi connectivity index (χ2n) is 5.17. The Balaban J connectivity index is 2.24. The third kappa shape index (κ3) is 4.06. The summed E-state index contributed by atoms with van der Waals surface area (Å²) in [5, 5.41) is 0. The van der Waals surface area contributed by atoms with Gasteiger partial charge in [-0.25, -0.2) is 4.79 Å². The molecule has 2 heteroatoms. The Kier molecular flexibility index (Phi) is 3.95. The molecule has 1 unspecified atom stereocenters. The van der Waals surface area contributed by atoms with Crippen LogP contribution in [-0.2, 0) is 9.53 Å². The fourth-order valence-corrected chi connectivity index (χ4v) is 1.93. The zero-order chi connectivity index (χ0) is 11.5. The van der Waals surface area contributed by atoms with Gasteiger partial charge in [0.2, 0.25) is 0 Å². The topological polar surface area (TPSA) is 26.3 Å². The quantitative estimate of drug-likeness (QED) is 0.514. The molecule has 2 nitrogen and oxygen atoms in total. The molecule has 1 fully saturated rings. The normalized spacial score (nSPS) is 23.7. The second kappa shape index (κ2) is 4.82. The van der Waals surface area contributed by atoms with Crippen LogP contribution in [0.2, 0.25) is 0 Å². The van der Waals surface area contributed by atoms with Crippen molar-refractivity contribution in [2.75, 3.05) is 6.61 Å². The number of hydrogen-bond acceptors (Lipinski definition) is 2. The molecule has 0 N–H and O–H groups in total. The van der Waals surface area contributed by atoms with Gasteiger partial charge >= 0.3 is 5.97 Å². The highest BCUT2D eigenvalue weighted by atomic mass is 16.5. The van der Waals surface area contributed by atoms with E-state index in [2.05, 4.69) is 13.8 Å². The largest absolute Gasteiger partial charge is 0.463 e. The minimum atomic E-state index is -0.204. The van der Waals surface area contributed by atoms with Gasteiger partial charge < -0.3 is 4.74 Å². The molecular weight excluding hydrogens is 188 g/mol. The predicted molar refractivity (Wildman–Crippen MR) is 61.5 cm³/mol. The molecule has 1 atom stereocenters. The number of hydrogen-bond donors (Lipinski definition) is 0. The molecule has 1 aliphatic carbocycles. The fraction of sp³-hybridized carbons (Fsp3) is 0.769. The van der Waals surface area contributed by atoms with Crippen LogP contribution in [0.4, 0.5) is 0 Å². The van der Waals surface area contributed by atoms with Crippen LogP contribution in [0.15, 0.2) is 11.6 Å². The molecule has 0 aromatic carbocycles. The zero-order valence-corrected chi connectivity index (χ0v) is 10.3. The van der Waals surface area contributed by atoms with Crippen LogP contribution in [0, 0.1) is 11.3 Å². The predicted octanol–water partition coefficient (Wildman–Crippen LogP) is 3.32. The van der Waals surface area contributed by atoms with Gasteiger partial charge in [0.15, 0.2) is 0 Å². The Hall–Kier alpha value is -0.790. The molecule has 1 aliphatic rings. The summed E-state index contributed by atoms with van der Waals surface area (Å²) < 4.78 is 4.86. The Morgan fingerprint density at radius 1 is 1.53 bits per heavy atom. The highest BCUT2D eigenvalue weighted by Gasteiger charge is 2.44. The van der Waals surface area contributed by atoms with Crippen LogP contribution < -0.4 is 0 Å². The number of rotatable bonds is 5. The smallest absolute Gasteiger partial charge is 0.330 e. The first-order valence-corrected chi connectivity index (χ1v) is 5.79. The molecule has 0 aromatic heterocycles. The van der Waals surface area contributed by atoms with Crippen LogP contribution in [-0.4, -0.2) is 12.6 Å². The summed E-state index contributed by atoms with van der Waals surface area (Å²) in [6, 6.07) is 0. The Labute approximate surface area is 92.7 Å². The van der Waals surface area contributed by atoms with E-state index in [0.717, 1.165) is 17.9 Å². The van der Waals surface area contributed by atoms with Crippen molar-refractivity contribution in [3.63, 3.8) is 0 Å². The third-order valence-electron chi connectivity index (χ3n) is 3.26. The lowest BCUT2D eigenvalue weighted by Gasteiger charge is -2.03. The average Bonchev–Trinajstić information content (AvgIpc) is 2.71. The molecule has 0 saturated heterocycles. The summed E-state index contributed by atoms with van der Waals surface area (Å²) in [6.07, 6.45) is 5.18. The molecule has 0 radical (unpaired) electrons. The summed E-state index contributed by atoms with van der Waals surface area (Å²) in [4.78, 5) is 11.1. The van der Waals surface area contributed by atoms with E-state index in [1.165, 1.54) is 12.8 Å². The minimum absolute atomic E-state index is 0.204. The van der Waals surface area contributed by atoms with Crippen molar-refractivity contribution in [1.82, 2.24) is 0 Å². The van der Waals surface area contributed by atoms with Gasteiger partial charge in [-0.05, 0) is 44.4 Å². The molecule has 0 amide bonds. The van der Waals surface area contributed by atoms with Crippen LogP contribution in [0.1, 0.15) is 47.0 Å². The van der Waals surface area contributed by atoms with Crippen LogP contribution in [0.3, 0.4) is 0 Å². The van der Waals surface area contributed by atoms with E-state index in [9.17, 15) is 4.79 Å². The van der Waals surface area contributed by atoms with Crippen molar-refractivity contribution in [3.8, 4) is 0 Å². The van der Waals surface area contributed by atoms with E-state index >= 15 is 0 Å². The van der Waals surface area contributed by atoms with Gasteiger partial charge in [0.1, 0.15) is 0 Å². The fourth-order valence-electron chi connectivity index (χ4n) is 1.93. The SMILES string of the molecule is CCOC(=O)C=C(C)CCC1CC1(C)C. The Morgan fingerprint density at radius 2 is 2.13 bits per heavy atom. The molecule has 0 bridgehead atoms. The van der Waals surface area contributed by atoms with Crippen LogP contribution in [0.25, 0.3) is 0 Å². The molecule has 1 saturated carbocycles. The van der Waals surface area contributed by atoms with E-state index in [0.29, 0.717) is 12.0 Å². The highest BCUT2D eigenvalue weighted by Crippen LogP contribution is 2.54. The number of esters is 1. The summed E-state index contributed by atoms with van der Waals surface area (Å²) in [5.74, 6) is 0.646. The number of allylic oxidation sites excluding steroid dienone is 1. The van der Waals surface area contributed by atoms with Crippen molar-refractivity contribution in [1.29, 1.82) is 0 Å². The van der Waals surface area contributed by atoms with Gasteiger partial charge in [0.25, 0.3) is 0 Å². The number of carbonyl (C=O) groups excluding carboxylic acids is 1. The first-order valence-electron chi connectivity index (χ1n) is 5.79. The summed E-state index contributed by atoms with van der Waals surface area (Å²) in [7, 11) is 0. The number of ether oxygens (including phenoxy) is 1. The maximum atomic E-state index is 11.1. The van der Waals surface area contributed by atoms with Crippen molar-refractivity contribution in [2.24, 2.45) is 11.3 Å². The number of carbonyl (C=O) groups is 1. The van der Waals surface area contributed by atoms with Gasteiger partial charge in [-0.1, -0.05) is 19.4 Å².